The van der Waals surface area contributed by atoms with Gasteiger partial charge in [0.1, 0.15) is 5.82 Å². The van der Waals surface area contributed by atoms with Crippen molar-refractivity contribution in [2.75, 3.05) is 11.5 Å². The van der Waals surface area contributed by atoms with Gasteiger partial charge in [0.15, 0.2) is 0 Å². The van der Waals surface area contributed by atoms with Gasteiger partial charge >= 0.3 is 0 Å². The van der Waals surface area contributed by atoms with Crippen molar-refractivity contribution >= 4 is 22.3 Å². The summed E-state index contributed by atoms with van der Waals surface area (Å²) < 4.78 is 0. The van der Waals surface area contributed by atoms with Crippen molar-refractivity contribution in [1.29, 1.82) is 0 Å². The molecule has 0 unspecified atom stereocenters. The van der Waals surface area contributed by atoms with Gasteiger partial charge in [-0.1, -0.05) is 6.92 Å². The first-order valence-electron chi connectivity index (χ1n) is 4.65. The Morgan fingerprint density at radius 1 is 1.29 bits per heavy atom. The van der Waals surface area contributed by atoms with Crippen LogP contribution in [0.15, 0.2) is 24.4 Å². The second kappa shape index (κ2) is 3.18. The Labute approximate surface area is 82.7 Å². The molecular weight excluding hydrogens is 174 g/mol. The molecular formula is C11H13N3. The third-order valence-electron chi connectivity index (χ3n) is 2.44. The van der Waals surface area contributed by atoms with Crippen molar-refractivity contribution in [2.45, 2.75) is 13.3 Å². The number of hydrogen-bond acceptors (Lipinski definition) is 3. The summed E-state index contributed by atoms with van der Waals surface area (Å²) in [4.78, 5) is 4.05. The summed E-state index contributed by atoms with van der Waals surface area (Å²) in [7, 11) is 0. The first-order valence-corrected chi connectivity index (χ1v) is 4.65. The first-order chi connectivity index (χ1) is 6.72. The molecule has 0 aliphatic rings. The van der Waals surface area contributed by atoms with Crippen LogP contribution >= 0.6 is 0 Å². The van der Waals surface area contributed by atoms with E-state index in [9.17, 15) is 0 Å². The maximum Gasteiger partial charge on any atom is 0.131 e. The molecule has 1 aromatic heterocycles. The van der Waals surface area contributed by atoms with Crippen LogP contribution in [-0.4, -0.2) is 4.98 Å². The average Bonchev–Trinajstić information content (AvgIpc) is 2.17. The monoisotopic (exact) mass is 187 g/mol. The van der Waals surface area contributed by atoms with E-state index in [-0.39, 0.29) is 0 Å². The molecule has 14 heavy (non-hydrogen) atoms. The third kappa shape index (κ3) is 1.27. The van der Waals surface area contributed by atoms with E-state index >= 15 is 0 Å². The number of benzene rings is 1. The van der Waals surface area contributed by atoms with Gasteiger partial charge in [-0.2, -0.15) is 0 Å². The lowest BCUT2D eigenvalue weighted by atomic mass is 10.0. The number of nitrogen functional groups attached to an aromatic ring is 2. The molecule has 3 nitrogen and oxygen atoms in total. The maximum absolute atomic E-state index is 5.89. The van der Waals surface area contributed by atoms with Crippen LogP contribution in [0.3, 0.4) is 0 Å². The van der Waals surface area contributed by atoms with Crippen LogP contribution in [0.2, 0.25) is 0 Å². The fraction of sp³-hybridized carbons (Fsp3) is 0.182. The molecule has 2 rings (SSSR count). The van der Waals surface area contributed by atoms with Gasteiger partial charge < -0.3 is 11.5 Å². The van der Waals surface area contributed by atoms with E-state index in [0.29, 0.717) is 5.82 Å². The van der Waals surface area contributed by atoms with Crippen LogP contribution < -0.4 is 11.5 Å². The molecule has 0 saturated carbocycles. The minimum absolute atomic E-state index is 0.567. The van der Waals surface area contributed by atoms with E-state index in [4.69, 9.17) is 11.5 Å². The minimum atomic E-state index is 0.567. The summed E-state index contributed by atoms with van der Waals surface area (Å²) in [5.74, 6) is 0.567. The van der Waals surface area contributed by atoms with Crippen LogP contribution in [0.4, 0.5) is 11.5 Å². The Balaban J connectivity index is 2.80. The third-order valence-corrected chi connectivity index (χ3v) is 2.44. The number of aryl methyl sites for hydroxylation is 1. The Kier molecular flexibility index (Phi) is 2.00. The zero-order valence-corrected chi connectivity index (χ0v) is 8.12. The van der Waals surface area contributed by atoms with E-state index < -0.39 is 0 Å². The molecule has 4 N–H and O–H groups in total. The highest BCUT2D eigenvalue weighted by atomic mass is 14.8. The van der Waals surface area contributed by atoms with E-state index in [1.807, 2.05) is 18.2 Å². The van der Waals surface area contributed by atoms with Gasteiger partial charge in [0.2, 0.25) is 0 Å². The number of aromatic nitrogens is 1. The lowest BCUT2D eigenvalue weighted by Gasteiger charge is -2.06. The smallest absolute Gasteiger partial charge is 0.131 e. The molecule has 1 aromatic carbocycles. The number of anilines is 2. The summed E-state index contributed by atoms with van der Waals surface area (Å²) in [5.41, 5.74) is 13.6. The second-order valence-electron chi connectivity index (χ2n) is 3.32. The molecule has 0 aliphatic carbocycles. The molecule has 72 valence electrons. The van der Waals surface area contributed by atoms with Gasteiger partial charge in [0.25, 0.3) is 0 Å². The zero-order chi connectivity index (χ0) is 10.1. The van der Waals surface area contributed by atoms with E-state index in [2.05, 4.69) is 11.9 Å². The predicted molar refractivity (Wildman–Crippen MR) is 59.9 cm³/mol. The van der Waals surface area contributed by atoms with Gasteiger partial charge in [-0.3, -0.25) is 0 Å². The number of hydrogen-bond donors (Lipinski definition) is 2. The normalized spacial score (nSPS) is 10.6. The quantitative estimate of drug-likeness (QED) is 0.671. The lowest BCUT2D eigenvalue weighted by molar-refractivity contribution is 1.15. The Bertz CT molecular complexity index is 477. The Morgan fingerprint density at radius 3 is 2.79 bits per heavy atom. The van der Waals surface area contributed by atoms with Gasteiger partial charge in [-0.25, -0.2) is 4.98 Å². The van der Waals surface area contributed by atoms with E-state index in [1.165, 1.54) is 0 Å². The fourth-order valence-corrected chi connectivity index (χ4v) is 1.61. The highest BCUT2D eigenvalue weighted by Crippen LogP contribution is 2.24. The van der Waals surface area contributed by atoms with Gasteiger partial charge in [0, 0.05) is 17.3 Å². The van der Waals surface area contributed by atoms with Crippen molar-refractivity contribution < 1.29 is 0 Å². The number of rotatable bonds is 1. The van der Waals surface area contributed by atoms with Crippen molar-refractivity contribution in [3.8, 4) is 0 Å². The summed E-state index contributed by atoms with van der Waals surface area (Å²) in [6.45, 7) is 2.07. The number of nitrogens with zero attached hydrogens (tertiary/aromatic N) is 1. The van der Waals surface area contributed by atoms with Crippen molar-refractivity contribution in [1.82, 2.24) is 4.98 Å². The maximum atomic E-state index is 5.89. The molecule has 0 bridgehead atoms. The summed E-state index contributed by atoms with van der Waals surface area (Å²) in [6.07, 6.45) is 2.61. The lowest BCUT2D eigenvalue weighted by Crippen LogP contribution is -1.96. The van der Waals surface area contributed by atoms with Crippen LogP contribution in [0, 0.1) is 0 Å². The molecule has 1 heterocycles. The van der Waals surface area contributed by atoms with E-state index in [0.717, 1.165) is 28.4 Å². The molecule has 0 saturated heterocycles. The van der Waals surface area contributed by atoms with Crippen LogP contribution in [0.5, 0.6) is 0 Å². The SMILES string of the molecule is CCc1cc2c(N)nccc2cc1N. The molecule has 3 heteroatoms. The standard InChI is InChI=1S/C11H13N3/c1-2-7-5-9-8(6-10(7)12)3-4-14-11(9)13/h3-6H,2,12H2,1H3,(H2,13,14). The van der Waals surface area contributed by atoms with Crippen LogP contribution in [-0.2, 0) is 6.42 Å². The second-order valence-corrected chi connectivity index (χ2v) is 3.32. The van der Waals surface area contributed by atoms with Gasteiger partial charge in [-0.05, 0) is 35.6 Å². The fourth-order valence-electron chi connectivity index (χ4n) is 1.61. The predicted octanol–water partition coefficient (Wildman–Crippen LogP) is 1.96. The largest absolute Gasteiger partial charge is 0.398 e. The number of nitrogens with two attached hydrogens (primary N) is 2. The highest BCUT2D eigenvalue weighted by molar-refractivity contribution is 5.93. The van der Waals surface area contributed by atoms with Gasteiger partial charge in [0.05, 0.1) is 0 Å². The average molecular weight is 187 g/mol. The summed E-state index contributed by atoms with van der Waals surface area (Å²) in [6, 6.07) is 5.89. The number of pyridine rings is 1. The molecule has 0 radical (unpaired) electrons. The first kappa shape index (κ1) is 8.81. The molecule has 0 spiro atoms. The summed E-state index contributed by atoms with van der Waals surface area (Å²) in [5, 5.41) is 2.03. The molecule has 0 amide bonds. The van der Waals surface area contributed by atoms with Crippen molar-refractivity contribution in [3.63, 3.8) is 0 Å². The summed E-state index contributed by atoms with van der Waals surface area (Å²) >= 11 is 0. The molecule has 0 fully saturated rings. The molecule has 2 aromatic rings. The highest BCUT2D eigenvalue weighted by Gasteiger charge is 2.03. The zero-order valence-electron chi connectivity index (χ0n) is 8.12. The molecule has 0 atom stereocenters. The van der Waals surface area contributed by atoms with Crippen molar-refractivity contribution in [3.05, 3.63) is 30.0 Å². The molecule has 0 aliphatic heterocycles. The Morgan fingerprint density at radius 2 is 2.07 bits per heavy atom. The minimum Gasteiger partial charge on any atom is -0.398 e. The Hall–Kier alpha value is -1.77. The van der Waals surface area contributed by atoms with Crippen LogP contribution in [0.1, 0.15) is 12.5 Å². The van der Waals surface area contributed by atoms with Crippen LogP contribution in [0.25, 0.3) is 10.8 Å². The van der Waals surface area contributed by atoms with E-state index in [1.54, 1.807) is 6.20 Å². The topological polar surface area (TPSA) is 64.9 Å². The number of fused-ring (bicyclic) bond motifs is 1. The van der Waals surface area contributed by atoms with Crippen molar-refractivity contribution in [2.24, 2.45) is 0 Å². The van der Waals surface area contributed by atoms with Gasteiger partial charge in [-0.15, -0.1) is 0 Å².